The van der Waals surface area contributed by atoms with Crippen molar-refractivity contribution in [3.63, 3.8) is 0 Å². The van der Waals surface area contributed by atoms with E-state index in [1.807, 2.05) is 31.2 Å². The van der Waals surface area contributed by atoms with Gasteiger partial charge >= 0.3 is 6.03 Å². The second-order valence-corrected chi connectivity index (χ2v) is 5.54. The summed E-state index contributed by atoms with van der Waals surface area (Å²) < 4.78 is 5.09. The minimum Gasteiger partial charge on any atom is -0.497 e. The van der Waals surface area contributed by atoms with Crippen LogP contribution in [0, 0.1) is 5.41 Å². The number of nitrogens with one attached hydrogen (secondary N) is 1. The van der Waals surface area contributed by atoms with Crippen LogP contribution >= 0.6 is 0 Å². The van der Waals surface area contributed by atoms with Crippen LogP contribution in [-0.4, -0.2) is 37.7 Å². The van der Waals surface area contributed by atoms with E-state index in [2.05, 4.69) is 19.2 Å². The van der Waals surface area contributed by atoms with Crippen molar-refractivity contribution in [3.8, 4) is 5.75 Å². The molecule has 0 aromatic heterocycles. The third-order valence-electron chi connectivity index (χ3n) is 3.18. The lowest BCUT2D eigenvalue weighted by Gasteiger charge is -2.31. The lowest BCUT2D eigenvalue weighted by molar-refractivity contribution is 0.185. The van der Waals surface area contributed by atoms with E-state index in [4.69, 9.17) is 10.5 Å². The Bertz CT molecular complexity index is 429. The van der Waals surface area contributed by atoms with Gasteiger partial charge in [0.05, 0.1) is 7.11 Å². The second kappa shape index (κ2) is 7.14. The Labute approximate surface area is 121 Å². The second-order valence-electron chi connectivity index (χ2n) is 5.54. The van der Waals surface area contributed by atoms with Crippen LogP contribution in [0.1, 0.15) is 20.8 Å². The third-order valence-corrected chi connectivity index (χ3v) is 3.18. The van der Waals surface area contributed by atoms with Crippen molar-refractivity contribution in [3.05, 3.63) is 24.3 Å². The Morgan fingerprint density at radius 2 is 1.95 bits per heavy atom. The summed E-state index contributed by atoms with van der Waals surface area (Å²) in [5, 5.41) is 2.88. The van der Waals surface area contributed by atoms with Gasteiger partial charge in [-0.1, -0.05) is 13.8 Å². The highest BCUT2D eigenvalue weighted by molar-refractivity contribution is 5.89. The topological polar surface area (TPSA) is 67.6 Å². The first-order valence-electron chi connectivity index (χ1n) is 6.82. The molecule has 0 unspecified atom stereocenters. The zero-order chi connectivity index (χ0) is 15.2. The van der Waals surface area contributed by atoms with Crippen molar-refractivity contribution in [1.82, 2.24) is 4.90 Å². The summed E-state index contributed by atoms with van der Waals surface area (Å²) in [6, 6.07) is 7.15. The molecule has 0 saturated carbocycles. The molecule has 0 fully saturated rings. The maximum atomic E-state index is 12.2. The number of hydrogen-bond donors (Lipinski definition) is 2. The fraction of sp³-hybridized carbons (Fsp3) is 0.533. The predicted molar refractivity (Wildman–Crippen MR) is 82.1 cm³/mol. The van der Waals surface area contributed by atoms with Gasteiger partial charge < -0.3 is 20.7 Å². The Kier molecular flexibility index (Phi) is 5.82. The molecule has 0 saturated heterocycles. The standard InChI is InChI=1S/C15H25N3O2/c1-5-18(11-15(2,3)10-16)14(19)17-12-6-8-13(20-4)9-7-12/h6-9H,5,10-11,16H2,1-4H3,(H,17,19). The van der Waals surface area contributed by atoms with E-state index in [9.17, 15) is 4.79 Å². The van der Waals surface area contributed by atoms with Gasteiger partial charge in [-0.2, -0.15) is 0 Å². The zero-order valence-electron chi connectivity index (χ0n) is 12.8. The number of nitrogens with zero attached hydrogens (tertiary/aromatic N) is 1. The van der Waals surface area contributed by atoms with Crippen molar-refractivity contribution in [2.45, 2.75) is 20.8 Å². The van der Waals surface area contributed by atoms with Crippen LogP contribution in [0.3, 0.4) is 0 Å². The molecule has 0 heterocycles. The van der Waals surface area contributed by atoms with Gasteiger partial charge in [-0.15, -0.1) is 0 Å². The monoisotopic (exact) mass is 279 g/mol. The zero-order valence-corrected chi connectivity index (χ0v) is 12.8. The van der Waals surface area contributed by atoms with Gasteiger partial charge in [-0.3, -0.25) is 0 Å². The highest BCUT2D eigenvalue weighted by Gasteiger charge is 2.22. The van der Waals surface area contributed by atoms with Gasteiger partial charge in [0.1, 0.15) is 5.75 Å². The summed E-state index contributed by atoms with van der Waals surface area (Å²) in [4.78, 5) is 14.0. The Balaban J connectivity index is 2.67. The smallest absolute Gasteiger partial charge is 0.321 e. The van der Waals surface area contributed by atoms with Crippen LogP contribution in [0.2, 0.25) is 0 Å². The van der Waals surface area contributed by atoms with E-state index >= 15 is 0 Å². The molecule has 2 amide bonds. The van der Waals surface area contributed by atoms with Gasteiger partial charge in [-0.25, -0.2) is 4.79 Å². The third kappa shape index (κ3) is 4.74. The summed E-state index contributed by atoms with van der Waals surface area (Å²) in [6.07, 6.45) is 0. The average molecular weight is 279 g/mol. The molecule has 20 heavy (non-hydrogen) atoms. The van der Waals surface area contributed by atoms with Crippen LogP contribution in [-0.2, 0) is 0 Å². The number of ether oxygens (including phenoxy) is 1. The lowest BCUT2D eigenvalue weighted by Crippen LogP contribution is -2.43. The summed E-state index contributed by atoms with van der Waals surface area (Å²) >= 11 is 0. The van der Waals surface area contributed by atoms with Crippen LogP contribution < -0.4 is 15.8 Å². The highest BCUT2D eigenvalue weighted by Crippen LogP contribution is 2.18. The van der Waals surface area contributed by atoms with E-state index in [0.29, 0.717) is 19.6 Å². The number of carbonyl (C=O) groups is 1. The van der Waals surface area contributed by atoms with Gasteiger partial charge in [0.15, 0.2) is 0 Å². The Hall–Kier alpha value is -1.75. The maximum absolute atomic E-state index is 12.2. The lowest BCUT2D eigenvalue weighted by atomic mass is 9.93. The molecule has 0 bridgehead atoms. The number of carbonyl (C=O) groups excluding carboxylic acids is 1. The van der Waals surface area contributed by atoms with Crippen LogP contribution in [0.25, 0.3) is 0 Å². The van der Waals surface area contributed by atoms with Crippen molar-refractivity contribution < 1.29 is 9.53 Å². The number of anilines is 1. The molecule has 0 aliphatic rings. The van der Waals surface area contributed by atoms with E-state index in [0.717, 1.165) is 11.4 Å². The molecule has 0 atom stereocenters. The average Bonchev–Trinajstić information content (AvgIpc) is 2.45. The molecule has 1 aromatic carbocycles. The predicted octanol–water partition coefficient (Wildman–Crippen LogP) is 2.53. The number of nitrogens with two attached hydrogens (primary N) is 1. The normalized spacial score (nSPS) is 11.1. The van der Waals surface area contributed by atoms with Crippen LogP contribution in [0.15, 0.2) is 24.3 Å². The summed E-state index contributed by atoms with van der Waals surface area (Å²) in [5.41, 5.74) is 6.38. The molecular formula is C15H25N3O2. The minimum atomic E-state index is -0.112. The number of amides is 2. The van der Waals surface area contributed by atoms with Gasteiger partial charge in [0.2, 0.25) is 0 Å². The molecule has 1 aromatic rings. The Morgan fingerprint density at radius 3 is 2.40 bits per heavy atom. The molecule has 0 spiro atoms. The molecule has 3 N–H and O–H groups in total. The number of rotatable bonds is 6. The fourth-order valence-corrected chi connectivity index (χ4v) is 1.79. The molecule has 112 valence electrons. The maximum Gasteiger partial charge on any atom is 0.321 e. The highest BCUT2D eigenvalue weighted by atomic mass is 16.5. The van der Waals surface area contributed by atoms with Crippen molar-refractivity contribution in [2.75, 3.05) is 32.1 Å². The fourth-order valence-electron chi connectivity index (χ4n) is 1.79. The number of methoxy groups -OCH3 is 1. The Morgan fingerprint density at radius 1 is 1.35 bits per heavy atom. The first kappa shape index (κ1) is 16.3. The molecule has 5 nitrogen and oxygen atoms in total. The van der Waals surface area contributed by atoms with Crippen molar-refractivity contribution in [2.24, 2.45) is 11.1 Å². The molecule has 0 aliphatic carbocycles. The molecule has 1 rings (SSSR count). The molecule has 0 radical (unpaired) electrons. The SMILES string of the molecule is CCN(CC(C)(C)CN)C(=O)Nc1ccc(OC)cc1. The minimum absolute atomic E-state index is 0.0900. The molecule has 5 heteroatoms. The number of urea groups is 1. The van der Waals surface area contributed by atoms with Crippen molar-refractivity contribution in [1.29, 1.82) is 0 Å². The summed E-state index contributed by atoms with van der Waals surface area (Å²) in [7, 11) is 1.61. The molecular weight excluding hydrogens is 254 g/mol. The first-order valence-corrected chi connectivity index (χ1v) is 6.82. The van der Waals surface area contributed by atoms with Gasteiger partial charge in [0, 0.05) is 18.8 Å². The van der Waals surface area contributed by atoms with Crippen molar-refractivity contribution >= 4 is 11.7 Å². The van der Waals surface area contributed by atoms with E-state index in [1.54, 1.807) is 12.0 Å². The molecule has 0 aliphatic heterocycles. The van der Waals surface area contributed by atoms with E-state index in [-0.39, 0.29) is 11.4 Å². The number of hydrogen-bond acceptors (Lipinski definition) is 3. The quantitative estimate of drug-likeness (QED) is 0.841. The van der Waals surface area contributed by atoms with Gasteiger partial charge in [-0.05, 0) is 43.1 Å². The van der Waals surface area contributed by atoms with E-state index < -0.39 is 0 Å². The van der Waals surface area contributed by atoms with E-state index in [1.165, 1.54) is 0 Å². The van der Waals surface area contributed by atoms with Gasteiger partial charge in [0.25, 0.3) is 0 Å². The largest absolute Gasteiger partial charge is 0.497 e. The number of benzene rings is 1. The van der Waals surface area contributed by atoms with Crippen LogP contribution in [0.5, 0.6) is 5.75 Å². The summed E-state index contributed by atoms with van der Waals surface area (Å²) in [6.45, 7) is 7.87. The first-order chi connectivity index (χ1) is 9.41. The van der Waals surface area contributed by atoms with Crippen LogP contribution in [0.4, 0.5) is 10.5 Å². The summed E-state index contributed by atoms with van der Waals surface area (Å²) in [5.74, 6) is 0.764.